The highest BCUT2D eigenvalue weighted by molar-refractivity contribution is 7.89. The molecule has 0 aliphatic carbocycles. The van der Waals surface area contributed by atoms with Crippen LogP contribution in [-0.4, -0.2) is 31.7 Å². The first-order valence-corrected chi connectivity index (χ1v) is 10.5. The number of rotatable bonds is 6. The van der Waals surface area contributed by atoms with E-state index in [0.717, 1.165) is 12.8 Å². The highest BCUT2D eigenvalue weighted by atomic mass is 32.2. The minimum Gasteiger partial charge on any atom is -0.326 e. The molecule has 0 aromatic heterocycles. The third kappa shape index (κ3) is 5.14. The maximum absolute atomic E-state index is 12.9. The standard InChI is InChI=1S/C20H23FN2O3S/c21-17-7-9-18(10-8-17)22-20(24)11-6-16-12-14-23(15-13-16)27(25,26)19-4-2-1-3-5-19/h1-5,7-10,16H,6,11-15H2,(H,22,24). The summed E-state index contributed by atoms with van der Waals surface area (Å²) in [5, 5.41) is 2.75. The third-order valence-corrected chi connectivity index (χ3v) is 6.77. The van der Waals surface area contributed by atoms with E-state index in [2.05, 4.69) is 5.32 Å². The van der Waals surface area contributed by atoms with Crippen LogP contribution >= 0.6 is 0 Å². The van der Waals surface area contributed by atoms with Gasteiger partial charge in [-0.05, 0) is 61.6 Å². The second kappa shape index (κ2) is 8.63. The third-order valence-electron chi connectivity index (χ3n) is 4.86. The SMILES string of the molecule is O=C(CCC1CCN(S(=O)(=O)c2ccccc2)CC1)Nc1ccc(F)cc1. The molecular formula is C20H23FN2O3S. The van der Waals surface area contributed by atoms with Gasteiger partial charge in [0.05, 0.1) is 4.90 Å². The minimum atomic E-state index is -3.44. The van der Waals surface area contributed by atoms with E-state index in [1.807, 2.05) is 0 Å². The number of hydrogen-bond donors (Lipinski definition) is 1. The van der Waals surface area contributed by atoms with Crippen LogP contribution in [0.25, 0.3) is 0 Å². The molecule has 1 aliphatic heterocycles. The zero-order valence-corrected chi connectivity index (χ0v) is 15.8. The predicted octanol–water partition coefficient (Wildman–Crippen LogP) is 3.65. The number of amides is 1. The average Bonchev–Trinajstić information content (AvgIpc) is 2.69. The molecule has 0 atom stereocenters. The molecule has 144 valence electrons. The molecule has 0 spiro atoms. The van der Waals surface area contributed by atoms with E-state index in [1.54, 1.807) is 30.3 Å². The second-order valence-corrected chi connectivity index (χ2v) is 8.69. The van der Waals surface area contributed by atoms with Crippen LogP contribution in [-0.2, 0) is 14.8 Å². The van der Waals surface area contributed by atoms with Crippen LogP contribution < -0.4 is 5.32 Å². The summed E-state index contributed by atoms with van der Waals surface area (Å²) in [5.74, 6) is -0.127. The summed E-state index contributed by atoms with van der Waals surface area (Å²) < 4.78 is 39.6. The van der Waals surface area contributed by atoms with Crippen molar-refractivity contribution in [2.75, 3.05) is 18.4 Å². The van der Waals surface area contributed by atoms with Crippen molar-refractivity contribution in [1.29, 1.82) is 0 Å². The summed E-state index contributed by atoms with van der Waals surface area (Å²) in [7, 11) is -3.44. The molecule has 1 aliphatic rings. The number of sulfonamides is 1. The molecule has 27 heavy (non-hydrogen) atoms. The Morgan fingerprint density at radius 3 is 2.30 bits per heavy atom. The quantitative estimate of drug-likeness (QED) is 0.819. The predicted molar refractivity (Wildman–Crippen MR) is 102 cm³/mol. The molecule has 1 N–H and O–H groups in total. The number of nitrogens with zero attached hydrogens (tertiary/aromatic N) is 1. The van der Waals surface area contributed by atoms with Crippen LogP contribution in [0.15, 0.2) is 59.5 Å². The zero-order chi connectivity index (χ0) is 19.3. The lowest BCUT2D eigenvalue weighted by atomic mass is 9.93. The van der Waals surface area contributed by atoms with Crippen molar-refractivity contribution in [2.45, 2.75) is 30.6 Å². The van der Waals surface area contributed by atoms with Crippen molar-refractivity contribution >= 4 is 21.6 Å². The molecular weight excluding hydrogens is 367 g/mol. The molecule has 2 aromatic carbocycles. The fourth-order valence-electron chi connectivity index (χ4n) is 3.27. The van der Waals surface area contributed by atoms with Gasteiger partial charge in [0.15, 0.2) is 0 Å². The number of hydrogen-bond acceptors (Lipinski definition) is 3. The lowest BCUT2D eigenvalue weighted by Gasteiger charge is -2.31. The van der Waals surface area contributed by atoms with Crippen molar-refractivity contribution in [1.82, 2.24) is 4.31 Å². The number of carbonyl (C=O) groups excluding carboxylic acids is 1. The van der Waals surface area contributed by atoms with E-state index < -0.39 is 10.0 Å². The Labute approximate surface area is 159 Å². The van der Waals surface area contributed by atoms with Gasteiger partial charge in [0, 0.05) is 25.2 Å². The second-order valence-electron chi connectivity index (χ2n) is 6.75. The molecule has 0 saturated carbocycles. The largest absolute Gasteiger partial charge is 0.326 e. The summed E-state index contributed by atoms with van der Waals surface area (Å²) in [6.45, 7) is 0.947. The van der Waals surface area contributed by atoms with Crippen molar-refractivity contribution < 1.29 is 17.6 Å². The Kier molecular flexibility index (Phi) is 6.23. The lowest BCUT2D eigenvalue weighted by molar-refractivity contribution is -0.116. The van der Waals surface area contributed by atoms with Gasteiger partial charge in [0.2, 0.25) is 15.9 Å². The monoisotopic (exact) mass is 390 g/mol. The van der Waals surface area contributed by atoms with Crippen LogP contribution in [0.3, 0.4) is 0 Å². The van der Waals surface area contributed by atoms with Crippen LogP contribution in [0.5, 0.6) is 0 Å². The number of halogens is 1. The molecule has 1 fully saturated rings. The molecule has 0 bridgehead atoms. The van der Waals surface area contributed by atoms with Crippen LogP contribution in [0.4, 0.5) is 10.1 Å². The first kappa shape index (κ1) is 19.5. The van der Waals surface area contributed by atoms with Gasteiger partial charge in [-0.25, -0.2) is 12.8 Å². The Balaban J connectivity index is 1.45. The van der Waals surface area contributed by atoms with Gasteiger partial charge in [-0.2, -0.15) is 4.31 Å². The van der Waals surface area contributed by atoms with Crippen molar-refractivity contribution in [3.63, 3.8) is 0 Å². The summed E-state index contributed by atoms with van der Waals surface area (Å²) in [4.78, 5) is 12.4. The normalized spacial score (nSPS) is 16.2. The fourth-order valence-corrected chi connectivity index (χ4v) is 4.76. The molecule has 3 rings (SSSR count). The molecule has 1 saturated heterocycles. The highest BCUT2D eigenvalue weighted by Gasteiger charge is 2.29. The zero-order valence-electron chi connectivity index (χ0n) is 15.0. The van der Waals surface area contributed by atoms with Gasteiger partial charge in [-0.3, -0.25) is 4.79 Å². The summed E-state index contributed by atoms with van der Waals surface area (Å²) in [5.41, 5.74) is 0.574. The number of carbonyl (C=O) groups is 1. The van der Waals surface area contributed by atoms with Crippen molar-refractivity contribution in [3.8, 4) is 0 Å². The molecule has 5 nitrogen and oxygen atoms in total. The Hall–Kier alpha value is -2.25. The fraction of sp³-hybridized carbons (Fsp3) is 0.350. The van der Waals surface area contributed by atoms with Crippen LogP contribution in [0.1, 0.15) is 25.7 Å². The van der Waals surface area contributed by atoms with E-state index in [-0.39, 0.29) is 11.7 Å². The van der Waals surface area contributed by atoms with Gasteiger partial charge in [-0.1, -0.05) is 18.2 Å². The van der Waals surface area contributed by atoms with E-state index in [9.17, 15) is 17.6 Å². The highest BCUT2D eigenvalue weighted by Crippen LogP contribution is 2.26. The van der Waals surface area contributed by atoms with Gasteiger partial charge < -0.3 is 5.32 Å². The van der Waals surface area contributed by atoms with E-state index in [4.69, 9.17) is 0 Å². The molecule has 1 amide bonds. The summed E-state index contributed by atoms with van der Waals surface area (Å²) in [6, 6.07) is 14.1. The summed E-state index contributed by atoms with van der Waals surface area (Å²) >= 11 is 0. The van der Waals surface area contributed by atoms with Gasteiger partial charge >= 0.3 is 0 Å². The molecule has 7 heteroatoms. The van der Waals surface area contributed by atoms with E-state index in [0.29, 0.717) is 42.4 Å². The van der Waals surface area contributed by atoms with E-state index >= 15 is 0 Å². The first-order valence-electron chi connectivity index (χ1n) is 9.06. The number of piperidine rings is 1. The van der Waals surface area contributed by atoms with Crippen molar-refractivity contribution in [3.05, 3.63) is 60.4 Å². The Bertz CT molecular complexity index is 862. The lowest BCUT2D eigenvalue weighted by Crippen LogP contribution is -2.38. The van der Waals surface area contributed by atoms with Crippen LogP contribution in [0, 0.1) is 11.7 Å². The Morgan fingerprint density at radius 1 is 1.04 bits per heavy atom. The van der Waals surface area contributed by atoms with Crippen LogP contribution in [0.2, 0.25) is 0 Å². The molecule has 0 unspecified atom stereocenters. The Morgan fingerprint density at radius 2 is 1.67 bits per heavy atom. The maximum atomic E-state index is 12.9. The maximum Gasteiger partial charge on any atom is 0.243 e. The number of anilines is 1. The molecule has 2 aromatic rings. The minimum absolute atomic E-state index is 0.110. The van der Waals surface area contributed by atoms with Crippen molar-refractivity contribution in [2.24, 2.45) is 5.92 Å². The van der Waals surface area contributed by atoms with Gasteiger partial charge in [-0.15, -0.1) is 0 Å². The van der Waals surface area contributed by atoms with E-state index in [1.165, 1.54) is 28.6 Å². The van der Waals surface area contributed by atoms with Gasteiger partial charge in [0.25, 0.3) is 0 Å². The average molecular weight is 390 g/mol. The first-order chi connectivity index (χ1) is 12.9. The topological polar surface area (TPSA) is 66.5 Å². The van der Waals surface area contributed by atoms with Gasteiger partial charge in [0.1, 0.15) is 5.82 Å². The number of benzene rings is 2. The smallest absolute Gasteiger partial charge is 0.243 e. The number of nitrogens with one attached hydrogen (secondary N) is 1. The molecule has 1 heterocycles. The summed E-state index contributed by atoms with van der Waals surface area (Å²) in [6.07, 6.45) is 2.57. The molecule has 0 radical (unpaired) electrons.